The molecule has 0 atom stereocenters. The summed E-state index contributed by atoms with van der Waals surface area (Å²) in [7, 11) is 2.20. The highest BCUT2D eigenvalue weighted by atomic mass is 15.1. The van der Waals surface area contributed by atoms with Crippen LogP contribution in [0.5, 0.6) is 0 Å². The Morgan fingerprint density at radius 1 is 0.731 bits per heavy atom. The van der Waals surface area contributed by atoms with Crippen LogP contribution in [-0.2, 0) is 0 Å². The van der Waals surface area contributed by atoms with E-state index in [2.05, 4.69) is 84.8 Å². The molecule has 0 aliphatic carbocycles. The Balaban J connectivity index is 0.000000791. The molecule has 1 saturated heterocycles. The lowest BCUT2D eigenvalue weighted by molar-refractivity contribution is 0.312. The van der Waals surface area contributed by atoms with E-state index in [1.54, 1.807) is 5.57 Å². The van der Waals surface area contributed by atoms with E-state index in [-0.39, 0.29) is 0 Å². The van der Waals surface area contributed by atoms with Crippen molar-refractivity contribution in [3.8, 4) is 0 Å². The van der Waals surface area contributed by atoms with Crippen molar-refractivity contribution in [1.82, 2.24) is 4.90 Å². The fraction of sp³-hybridized carbons (Fsp3) is 0.360. The van der Waals surface area contributed by atoms with Crippen molar-refractivity contribution in [2.24, 2.45) is 0 Å². The summed E-state index contributed by atoms with van der Waals surface area (Å²) in [6.45, 7) is 10.3. The molecule has 1 nitrogen and oxygen atoms in total. The summed E-state index contributed by atoms with van der Waals surface area (Å²) >= 11 is 0. The summed E-state index contributed by atoms with van der Waals surface area (Å²) in [5.74, 6) is 0. The highest BCUT2D eigenvalue weighted by molar-refractivity contribution is 5.80. The SMILES string of the molecule is CC.CC.CN1CCC(=CC=C(c2ccccc2)c2ccccc2)CC1. The molecule has 1 fully saturated rings. The van der Waals surface area contributed by atoms with Crippen molar-refractivity contribution in [1.29, 1.82) is 0 Å². The Hall–Kier alpha value is -2.12. The van der Waals surface area contributed by atoms with Crippen molar-refractivity contribution in [3.63, 3.8) is 0 Å². The van der Waals surface area contributed by atoms with Crippen molar-refractivity contribution < 1.29 is 0 Å². The van der Waals surface area contributed by atoms with Gasteiger partial charge in [0.2, 0.25) is 0 Å². The Labute approximate surface area is 161 Å². The summed E-state index contributed by atoms with van der Waals surface area (Å²) in [5.41, 5.74) is 5.41. The molecular weight excluding hydrogens is 314 g/mol. The molecule has 3 rings (SSSR count). The average molecular weight is 350 g/mol. The van der Waals surface area contributed by atoms with Crippen LogP contribution in [0, 0.1) is 0 Å². The average Bonchev–Trinajstić information content (AvgIpc) is 2.74. The summed E-state index contributed by atoms with van der Waals surface area (Å²) in [6.07, 6.45) is 7.00. The summed E-state index contributed by atoms with van der Waals surface area (Å²) in [5, 5.41) is 0. The van der Waals surface area contributed by atoms with Gasteiger partial charge in [-0.05, 0) is 36.6 Å². The Morgan fingerprint density at radius 2 is 1.15 bits per heavy atom. The van der Waals surface area contributed by atoms with E-state index < -0.39 is 0 Å². The maximum atomic E-state index is 2.40. The molecule has 1 aliphatic heterocycles. The summed E-state index contributed by atoms with van der Waals surface area (Å²) in [4.78, 5) is 2.40. The lowest BCUT2D eigenvalue weighted by atomic mass is 9.96. The van der Waals surface area contributed by atoms with Crippen molar-refractivity contribution >= 4 is 5.57 Å². The third-order valence-electron chi connectivity index (χ3n) is 4.28. The zero-order valence-corrected chi connectivity index (χ0v) is 17.2. The molecule has 0 aromatic heterocycles. The Morgan fingerprint density at radius 3 is 1.58 bits per heavy atom. The van der Waals surface area contributed by atoms with Gasteiger partial charge in [-0.25, -0.2) is 0 Å². The predicted molar refractivity (Wildman–Crippen MR) is 117 cm³/mol. The second kappa shape index (κ2) is 13.1. The molecule has 0 N–H and O–H groups in total. The van der Waals surface area contributed by atoms with E-state index in [9.17, 15) is 0 Å². The van der Waals surface area contributed by atoms with Gasteiger partial charge in [-0.15, -0.1) is 0 Å². The van der Waals surface area contributed by atoms with Gasteiger partial charge in [0.15, 0.2) is 0 Å². The first kappa shape index (κ1) is 21.9. The quantitative estimate of drug-likeness (QED) is 0.587. The molecule has 1 heterocycles. The highest BCUT2D eigenvalue weighted by Gasteiger charge is 2.09. The van der Waals surface area contributed by atoms with Gasteiger partial charge in [0.25, 0.3) is 0 Å². The molecule has 2 aromatic carbocycles. The van der Waals surface area contributed by atoms with Crippen LogP contribution in [0.4, 0.5) is 0 Å². The fourth-order valence-corrected chi connectivity index (χ4v) is 2.87. The van der Waals surface area contributed by atoms with Crippen LogP contribution < -0.4 is 0 Å². The molecule has 0 spiro atoms. The van der Waals surface area contributed by atoms with Crippen LogP contribution in [0.1, 0.15) is 51.7 Å². The minimum absolute atomic E-state index is 1.17. The lowest BCUT2D eigenvalue weighted by Crippen LogP contribution is -2.26. The van der Waals surface area contributed by atoms with Gasteiger partial charge >= 0.3 is 0 Å². The molecule has 0 saturated carbocycles. The topological polar surface area (TPSA) is 3.24 Å². The number of benzene rings is 2. The maximum absolute atomic E-state index is 2.40. The number of allylic oxidation sites excluding steroid dienone is 2. The predicted octanol–water partition coefficient (Wildman–Crippen LogP) is 6.82. The number of nitrogens with zero attached hydrogens (tertiary/aromatic N) is 1. The van der Waals surface area contributed by atoms with Crippen molar-refractivity contribution in [2.75, 3.05) is 20.1 Å². The zero-order chi connectivity index (χ0) is 19.2. The van der Waals surface area contributed by atoms with Crippen molar-refractivity contribution in [2.45, 2.75) is 40.5 Å². The lowest BCUT2D eigenvalue weighted by Gasteiger charge is -2.23. The van der Waals surface area contributed by atoms with Crippen LogP contribution in [0.3, 0.4) is 0 Å². The standard InChI is InChI=1S/C21H23N.2C2H6/c1-22-16-14-18(15-17-22)12-13-21(19-8-4-2-5-9-19)20-10-6-3-7-11-20;2*1-2/h2-13H,14-17H2,1H3;2*1-2H3. The molecule has 2 aromatic rings. The van der Waals surface area contributed by atoms with Crippen LogP contribution in [0.25, 0.3) is 5.57 Å². The molecule has 0 amide bonds. The van der Waals surface area contributed by atoms with Crippen LogP contribution in [0.2, 0.25) is 0 Å². The molecule has 0 bridgehead atoms. The van der Waals surface area contributed by atoms with Gasteiger partial charge in [0.05, 0.1) is 0 Å². The Kier molecular flexibility index (Phi) is 11.1. The normalized spacial score (nSPS) is 13.5. The number of likely N-dealkylation sites (tertiary alicyclic amines) is 1. The zero-order valence-electron chi connectivity index (χ0n) is 17.2. The van der Waals surface area contributed by atoms with Crippen molar-refractivity contribution in [3.05, 3.63) is 89.5 Å². The number of rotatable bonds is 3. The number of piperidine rings is 1. The fourth-order valence-electron chi connectivity index (χ4n) is 2.87. The van der Waals surface area contributed by atoms with E-state index >= 15 is 0 Å². The van der Waals surface area contributed by atoms with Gasteiger partial charge in [0, 0.05) is 13.1 Å². The van der Waals surface area contributed by atoms with E-state index in [0.717, 1.165) is 0 Å². The molecule has 26 heavy (non-hydrogen) atoms. The van der Waals surface area contributed by atoms with E-state index in [0.29, 0.717) is 0 Å². The monoisotopic (exact) mass is 349 g/mol. The first-order chi connectivity index (χ1) is 12.8. The Bertz CT molecular complexity index is 602. The third kappa shape index (κ3) is 7.01. The minimum Gasteiger partial charge on any atom is -0.306 e. The van der Waals surface area contributed by atoms with E-state index in [4.69, 9.17) is 0 Å². The third-order valence-corrected chi connectivity index (χ3v) is 4.28. The first-order valence-corrected chi connectivity index (χ1v) is 10.0. The molecule has 1 aliphatic rings. The van der Waals surface area contributed by atoms with E-state index in [1.165, 1.54) is 42.6 Å². The molecular formula is C25H35N. The van der Waals surface area contributed by atoms with E-state index in [1.807, 2.05) is 27.7 Å². The molecule has 1 heteroatoms. The highest BCUT2D eigenvalue weighted by Crippen LogP contribution is 2.24. The summed E-state index contributed by atoms with van der Waals surface area (Å²) < 4.78 is 0. The van der Waals surface area contributed by atoms with Gasteiger partial charge in [-0.1, -0.05) is 106 Å². The van der Waals surface area contributed by atoms with Crippen LogP contribution >= 0.6 is 0 Å². The number of hydrogen-bond donors (Lipinski definition) is 0. The van der Waals surface area contributed by atoms with Gasteiger partial charge in [-0.2, -0.15) is 0 Å². The van der Waals surface area contributed by atoms with Gasteiger partial charge < -0.3 is 4.90 Å². The van der Waals surface area contributed by atoms with Gasteiger partial charge in [0.1, 0.15) is 0 Å². The maximum Gasteiger partial charge on any atom is 0.00158 e. The largest absolute Gasteiger partial charge is 0.306 e. The minimum atomic E-state index is 1.17. The second-order valence-corrected chi connectivity index (χ2v) is 5.94. The smallest absolute Gasteiger partial charge is 0.00158 e. The van der Waals surface area contributed by atoms with Crippen LogP contribution in [0.15, 0.2) is 78.4 Å². The van der Waals surface area contributed by atoms with Gasteiger partial charge in [-0.3, -0.25) is 0 Å². The first-order valence-electron chi connectivity index (χ1n) is 10.0. The molecule has 0 radical (unpaired) electrons. The molecule has 140 valence electrons. The molecule has 0 unspecified atom stereocenters. The number of hydrogen-bond acceptors (Lipinski definition) is 1. The second-order valence-electron chi connectivity index (χ2n) is 5.94. The summed E-state index contributed by atoms with van der Waals surface area (Å²) in [6, 6.07) is 21.3. The van der Waals surface area contributed by atoms with Crippen LogP contribution in [-0.4, -0.2) is 25.0 Å².